The summed E-state index contributed by atoms with van der Waals surface area (Å²) >= 11 is 0. The van der Waals surface area contributed by atoms with Gasteiger partial charge in [0, 0.05) is 0 Å². The highest BCUT2D eigenvalue weighted by Gasteiger charge is 2.25. The fourth-order valence-electron chi connectivity index (χ4n) is 1.98. The fraction of sp³-hybridized carbons (Fsp3) is 0.462. The first-order valence-corrected chi connectivity index (χ1v) is 7.94. The van der Waals surface area contributed by atoms with Gasteiger partial charge in [0.1, 0.15) is 12.4 Å². The van der Waals surface area contributed by atoms with Crippen LogP contribution in [0.5, 0.6) is 5.75 Å². The lowest BCUT2D eigenvalue weighted by Crippen LogP contribution is -2.36. The monoisotopic (exact) mass is 282 g/mol. The van der Waals surface area contributed by atoms with Gasteiger partial charge in [-0.1, -0.05) is 12.1 Å². The molecule has 104 valence electrons. The summed E-state index contributed by atoms with van der Waals surface area (Å²) in [5.74, 6) is 1.24. The average molecular weight is 282 g/mol. The fourth-order valence-corrected chi connectivity index (χ4v) is 2.88. The number of sulfonamides is 1. The first kappa shape index (κ1) is 13.9. The lowest BCUT2D eigenvalue weighted by Gasteiger charge is -2.18. The van der Waals surface area contributed by atoms with Crippen molar-refractivity contribution < 1.29 is 13.2 Å². The molecule has 6 heteroatoms. The molecule has 5 nitrogen and oxygen atoms in total. The van der Waals surface area contributed by atoms with Gasteiger partial charge in [-0.25, -0.2) is 8.42 Å². The highest BCUT2D eigenvalue weighted by Crippen LogP contribution is 2.21. The van der Waals surface area contributed by atoms with Crippen molar-refractivity contribution >= 4 is 15.9 Å². The number of aliphatic imine (C=N–C) groups is 1. The van der Waals surface area contributed by atoms with Gasteiger partial charge in [0.15, 0.2) is 5.84 Å². The second-order valence-electron chi connectivity index (χ2n) is 4.62. The molecule has 0 radical (unpaired) electrons. The number of hydrogen-bond acceptors (Lipinski definition) is 4. The topological polar surface area (TPSA) is 59.0 Å². The molecule has 1 heterocycles. The number of nitrogens with zero attached hydrogens (tertiary/aromatic N) is 2. The Morgan fingerprint density at radius 1 is 1.37 bits per heavy atom. The molecule has 0 unspecified atom stereocenters. The summed E-state index contributed by atoms with van der Waals surface area (Å²) in [6, 6.07) is 5.81. The quantitative estimate of drug-likeness (QED) is 0.837. The third-order valence-electron chi connectivity index (χ3n) is 3.20. The molecule has 0 N–H and O–H groups in total. The highest BCUT2D eigenvalue weighted by molar-refractivity contribution is 7.88. The molecular formula is C13H18N2O3S. The number of ether oxygens (including phenoxy) is 1. The number of rotatable bonds is 4. The second-order valence-corrected chi connectivity index (χ2v) is 6.53. The maximum atomic E-state index is 11.6. The van der Waals surface area contributed by atoms with Gasteiger partial charge in [-0.05, 0) is 31.0 Å². The first-order chi connectivity index (χ1) is 8.89. The van der Waals surface area contributed by atoms with Crippen LogP contribution in [-0.4, -0.2) is 44.5 Å². The third-order valence-corrected chi connectivity index (χ3v) is 4.39. The molecule has 0 aliphatic carbocycles. The van der Waals surface area contributed by atoms with Gasteiger partial charge in [-0.3, -0.25) is 9.30 Å². The molecule has 1 aromatic carbocycles. The van der Waals surface area contributed by atoms with Crippen LogP contribution in [0.4, 0.5) is 0 Å². The van der Waals surface area contributed by atoms with E-state index in [0.717, 1.165) is 16.9 Å². The Morgan fingerprint density at radius 2 is 2.11 bits per heavy atom. The normalized spacial score (nSPS) is 15.5. The van der Waals surface area contributed by atoms with E-state index in [4.69, 9.17) is 4.74 Å². The molecule has 1 aliphatic rings. The Bertz CT molecular complexity index is 608. The predicted molar refractivity (Wildman–Crippen MR) is 75.3 cm³/mol. The molecule has 1 aliphatic heterocycles. The zero-order valence-corrected chi connectivity index (χ0v) is 12.2. The van der Waals surface area contributed by atoms with Gasteiger partial charge in [0.05, 0.1) is 19.3 Å². The SMILES string of the molecule is Cc1cccc(OCC2=NCCN2S(C)(=O)=O)c1C. The molecule has 0 saturated heterocycles. The van der Waals surface area contributed by atoms with Gasteiger partial charge >= 0.3 is 0 Å². The standard InChI is InChI=1S/C13H18N2O3S/c1-10-5-4-6-12(11(10)2)18-9-13-14-7-8-15(13)19(3,16)17/h4-6H,7-9H2,1-3H3. The van der Waals surface area contributed by atoms with Crippen LogP contribution in [0.3, 0.4) is 0 Å². The van der Waals surface area contributed by atoms with Gasteiger partial charge in [0.2, 0.25) is 10.0 Å². The Kier molecular flexibility index (Phi) is 3.80. The van der Waals surface area contributed by atoms with Crippen molar-refractivity contribution in [2.24, 2.45) is 4.99 Å². The van der Waals surface area contributed by atoms with Crippen LogP contribution in [-0.2, 0) is 10.0 Å². The van der Waals surface area contributed by atoms with Crippen LogP contribution in [0, 0.1) is 13.8 Å². The van der Waals surface area contributed by atoms with Crippen LogP contribution in [0.15, 0.2) is 23.2 Å². The van der Waals surface area contributed by atoms with Crippen molar-refractivity contribution in [3.63, 3.8) is 0 Å². The smallest absolute Gasteiger partial charge is 0.233 e. The molecule has 0 fully saturated rings. The molecular weight excluding hydrogens is 264 g/mol. The summed E-state index contributed by atoms with van der Waals surface area (Å²) in [6.07, 6.45) is 1.19. The van der Waals surface area contributed by atoms with E-state index in [-0.39, 0.29) is 6.61 Å². The minimum Gasteiger partial charge on any atom is -0.485 e. The Labute approximate surface area is 114 Å². The zero-order valence-electron chi connectivity index (χ0n) is 11.4. The Morgan fingerprint density at radius 3 is 2.79 bits per heavy atom. The van der Waals surface area contributed by atoms with Gasteiger partial charge in [-0.15, -0.1) is 0 Å². The molecule has 0 aromatic heterocycles. The summed E-state index contributed by atoms with van der Waals surface area (Å²) in [7, 11) is -3.25. The first-order valence-electron chi connectivity index (χ1n) is 6.09. The predicted octanol–water partition coefficient (Wildman–Crippen LogP) is 1.36. The maximum absolute atomic E-state index is 11.6. The second kappa shape index (κ2) is 5.21. The van der Waals surface area contributed by atoms with Crippen molar-refractivity contribution in [1.29, 1.82) is 0 Å². The Balaban J connectivity index is 2.09. The van der Waals surface area contributed by atoms with Gasteiger partial charge in [0.25, 0.3) is 0 Å². The number of aryl methyl sites for hydroxylation is 1. The summed E-state index contributed by atoms with van der Waals surface area (Å²) in [6.45, 7) is 5.08. The largest absolute Gasteiger partial charge is 0.485 e. The van der Waals surface area contributed by atoms with E-state index in [1.807, 2.05) is 32.0 Å². The molecule has 19 heavy (non-hydrogen) atoms. The summed E-state index contributed by atoms with van der Waals surface area (Å²) in [5, 5.41) is 0. The minimum atomic E-state index is -3.25. The van der Waals surface area contributed by atoms with Gasteiger partial charge in [-0.2, -0.15) is 0 Å². The lowest BCUT2D eigenvalue weighted by molar-refractivity contribution is 0.363. The van der Waals surface area contributed by atoms with Crippen molar-refractivity contribution in [2.45, 2.75) is 13.8 Å². The number of amidine groups is 1. The van der Waals surface area contributed by atoms with E-state index < -0.39 is 10.0 Å². The summed E-state index contributed by atoms with van der Waals surface area (Å²) in [4.78, 5) is 4.19. The van der Waals surface area contributed by atoms with Crippen LogP contribution in [0.2, 0.25) is 0 Å². The highest BCUT2D eigenvalue weighted by atomic mass is 32.2. The van der Waals surface area contributed by atoms with Crippen molar-refractivity contribution in [2.75, 3.05) is 26.0 Å². The molecule has 2 rings (SSSR count). The Hall–Kier alpha value is -1.56. The van der Waals surface area contributed by atoms with E-state index in [2.05, 4.69) is 4.99 Å². The van der Waals surface area contributed by atoms with Crippen LogP contribution in [0.25, 0.3) is 0 Å². The van der Waals surface area contributed by atoms with Crippen LogP contribution in [0.1, 0.15) is 11.1 Å². The van der Waals surface area contributed by atoms with E-state index in [9.17, 15) is 8.42 Å². The molecule has 0 bridgehead atoms. The van der Waals surface area contributed by atoms with Crippen LogP contribution >= 0.6 is 0 Å². The molecule has 0 atom stereocenters. The number of benzene rings is 1. The van der Waals surface area contributed by atoms with Crippen molar-refractivity contribution in [3.8, 4) is 5.75 Å². The van der Waals surface area contributed by atoms with E-state index >= 15 is 0 Å². The van der Waals surface area contributed by atoms with Crippen molar-refractivity contribution in [1.82, 2.24) is 4.31 Å². The minimum absolute atomic E-state index is 0.178. The molecule has 0 spiro atoms. The summed E-state index contributed by atoms with van der Waals surface area (Å²) in [5.41, 5.74) is 2.21. The molecule has 0 saturated carbocycles. The maximum Gasteiger partial charge on any atom is 0.233 e. The lowest BCUT2D eigenvalue weighted by atomic mass is 10.1. The summed E-state index contributed by atoms with van der Waals surface area (Å²) < 4.78 is 30.1. The number of hydrogen-bond donors (Lipinski definition) is 0. The van der Waals surface area contributed by atoms with Gasteiger partial charge < -0.3 is 4.74 Å². The van der Waals surface area contributed by atoms with E-state index in [1.165, 1.54) is 10.6 Å². The zero-order chi connectivity index (χ0) is 14.0. The average Bonchev–Trinajstić information content (AvgIpc) is 2.79. The van der Waals surface area contributed by atoms with Crippen molar-refractivity contribution in [3.05, 3.63) is 29.3 Å². The van der Waals surface area contributed by atoms with E-state index in [0.29, 0.717) is 18.9 Å². The molecule has 1 aromatic rings. The van der Waals surface area contributed by atoms with E-state index in [1.54, 1.807) is 0 Å². The van der Waals surface area contributed by atoms with Crippen LogP contribution < -0.4 is 4.74 Å². The third kappa shape index (κ3) is 3.07. The molecule has 0 amide bonds.